The monoisotopic (exact) mass is 451 g/mol. The molecule has 0 amide bonds. The second-order valence-corrected chi connectivity index (χ2v) is 4.81. The van der Waals surface area contributed by atoms with Gasteiger partial charge in [0.1, 0.15) is 0 Å². The van der Waals surface area contributed by atoms with Crippen molar-refractivity contribution in [3.8, 4) is 5.88 Å². The highest BCUT2D eigenvalue weighted by molar-refractivity contribution is 6.16. The Bertz CT molecular complexity index is 823. The predicted molar refractivity (Wildman–Crippen MR) is 64.7 cm³/mol. The first-order valence-electron chi connectivity index (χ1n) is 6.61. The van der Waals surface area contributed by atoms with Crippen LogP contribution in [0.25, 0.3) is 5.70 Å². The molecule has 2 heterocycles. The van der Waals surface area contributed by atoms with Crippen molar-refractivity contribution in [2.75, 3.05) is 0 Å². The molecule has 0 fully saturated rings. The second-order valence-electron chi connectivity index (χ2n) is 4.81. The van der Waals surface area contributed by atoms with E-state index >= 15 is 0 Å². The number of aromatic nitrogens is 2. The van der Waals surface area contributed by atoms with Crippen molar-refractivity contribution in [3.63, 3.8) is 0 Å². The summed E-state index contributed by atoms with van der Waals surface area (Å²) < 4.78 is 160. The Labute approximate surface area is 150 Å². The number of allylic oxidation sites excluding steroid dienone is 1. The molecule has 6 nitrogen and oxygen atoms in total. The first-order chi connectivity index (χ1) is 13.1. The van der Waals surface area contributed by atoms with Crippen LogP contribution in [0.2, 0.25) is 0 Å². The first-order valence-corrected chi connectivity index (χ1v) is 6.61. The van der Waals surface area contributed by atoms with E-state index in [1.54, 1.807) is 0 Å². The Morgan fingerprint density at radius 1 is 0.862 bits per heavy atom. The van der Waals surface area contributed by atoms with Gasteiger partial charge in [-0.2, -0.15) is 62.5 Å². The summed E-state index contributed by atoms with van der Waals surface area (Å²) in [4.78, 5) is 0. The number of nitrogens with zero attached hydrogens (tertiary/aromatic N) is 4. The second kappa shape index (κ2) is 7.21. The van der Waals surface area contributed by atoms with E-state index in [1.807, 2.05) is 0 Å². The van der Waals surface area contributed by atoms with E-state index in [9.17, 15) is 52.7 Å². The number of hydrogen-bond donors (Lipinski definition) is 0. The minimum Gasteiger partial charge on any atom is -0.417 e. The maximum Gasteiger partial charge on any atom is 0.459 e. The average molecular weight is 451 g/mol. The van der Waals surface area contributed by atoms with Crippen molar-refractivity contribution in [3.05, 3.63) is 17.5 Å². The first kappa shape index (κ1) is 22.5. The molecule has 0 saturated carbocycles. The third kappa shape index (κ3) is 4.44. The van der Waals surface area contributed by atoms with Gasteiger partial charge in [0.05, 0.1) is 0 Å². The van der Waals surface area contributed by atoms with Crippen LogP contribution in [-0.4, -0.2) is 41.0 Å². The minimum atomic E-state index is -6.43. The lowest BCUT2D eigenvalue weighted by atomic mass is 10.2. The molecule has 1 aliphatic heterocycles. The van der Waals surface area contributed by atoms with Crippen molar-refractivity contribution >= 4 is 11.6 Å². The summed E-state index contributed by atoms with van der Waals surface area (Å²) in [7, 11) is 0. The number of hydrogen-bond acceptors (Lipinski definition) is 4. The lowest BCUT2D eigenvalue weighted by molar-refractivity contribution is -0.265. The zero-order valence-electron chi connectivity index (χ0n) is 12.9. The van der Waals surface area contributed by atoms with Gasteiger partial charge in [-0.05, 0) is 0 Å². The lowest BCUT2D eigenvalue weighted by Crippen LogP contribution is -2.41. The lowest BCUT2D eigenvalue weighted by Gasteiger charge is -2.20. The third-order valence-corrected chi connectivity index (χ3v) is 2.91. The summed E-state index contributed by atoms with van der Waals surface area (Å²) in [5, 5.41) is 5.02. The molecule has 0 aromatic carbocycles. The van der Waals surface area contributed by atoms with Crippen LogP contribution in [0.4, 0.5) is 52.7 Å². The zero-order valence-corrected chi connectivity index (χ0v) is 12.9. The topological polar surface area (TPSA) is 62.7 Å². The maximum atomic E-state index is 13.7. The van der Waals surface area contributed by atoms with Crippen LogP contribution in [0.5, 0.6) is 5.88 Å². The van der Waals surface area contributed by atoms with Gasteiger partial charge < -0.3 is 9.47 Å². The normalized spacial score (nSPS) is 15.9. The fraction of sp³-hybridized carbons (Fsp3) is 0.455. The quantitative estimate of drug-likeness (QED) is 0.636. The van der Waals surface area contributed by atoms with Crippen LogP contribution < -0.4 is 10.2 Å². The fourth-order valence-electron chi connectivity index (χ4n) is 1.83. The third-order valence-electron chi connectivity index (χ3n) is 2.91. The average Bonchev–Trinajstić information content (AvgIpc) is 3.08. The number of alkyl halides is 12. The SMILES string of the molecule is FC(F)OC1=N[N]C(C(F)(F)C(F)(F)F)=C1n1nc(C(F)(F)F)cc1OC(F)F. The van der Waals surface area contributed by atoms with Gasteiger partial charge in [0.25, 0.3) is 5.90 Å². The summed E-state index contributed by atoms with van der Waals surface area (Å²) >= 11 is 0. The van der Waals surface area contributed by atoms with Crippen molar-refractivity contribution in [1.29, 1.82) is 0 Å². The zero-order chi connectivity index (χ0) is 22.4. The highest BCUT2D eigenvalue weighted by Crippen LogP contribution is 2.45. The molecule has 0 bridgehead atoms. The Kier molecular flexibility index (Phi) is 5.59. The van der Waals surface area contributed by atoms with Gasteiger partial charge in [-0.1, -0.05) is 0 Å². The van der Waals surface area contributed by atoms with E-state index in [2.05, 4.69) is 25.1 Å². The van der Waals surface area contributed by atoms with Gasteiger partial charge in [0.15, 0.2) is 17.1 Å². The van der Waals surface area contributed by atoms with Crippen LogP contribution in [0.3, 0.4) is 0 Å². The van der Waals surface area contributed by atoms with Crippen molar-refractivity contribution in [2.45, 2.75) is 31.5 Å². The molecule has 2 rings (SSSR count). The number of ether oxygens (including phenoxy) is 2. The predicted octanol–water partition coefficient (Wildman–Crippen LogP) is 4.04. The van der Waals surface area contributed by atoms with E-state index < -0.39 is 65.0 Å². The van der Waals surface area contributed by atoms with E-state index in [-0.39, 0.29) is 6.07 Å². The van der Waals surface area contributed by atoms with Gasteiger partial charge in [-0.25, -0.2) is 0 Å². The van der Waals surface area contributed by atoms with Gasteiger partial charge in [0.2, 0.25) is 5.88 Å². The Morgan fingerprint density at radius 3 is 1.86 bits per heavy atom. The summed E-state index contributed by atoms with van der Waals surface area (Å²) in [6.07, 6.45) is -11.9. The number of halogens is 12. The van der Waals surface area contributed by atoms with Crippen molar-refractivity contribution in [1.82, 2.24) is 15.2 Å². The molecule has 1 aliphatic rings. The van der Waals surface area contributed by atoms with Gasteiger partial charge in [-0.3, -0.25) is 0 Å². The molecule has 0 saturated heterocycles. The molecular formula is C11H3F12N4O2. The van der Waals surface area contributed by atoms with Crippen LogP contribution in [-0.2, 0) is 10.9 Å². The standard InChI is InChI=1S/C11H3F12N4O2/c12-7(13)28-3-1-2(10(18,19)20)26-27(3)4-5(9(16,17)11(21,22)23)24-25-6(4)29-8(14)15/h1,7-8H. The highest BCUT2D eigenvalue weighted by atomic mass is 19.4. The minimum absolute atomic E-state index is 0.305. The summed E-state index contributed by atoms with van der Waals surface area (Å²) in [6, 6.07) is -0.305. The molecule has 18 heteroatoms. The maximum absolute atomic E-state index is 13.7. The van der Waals surface area contributed by atoms with E-state index in [1.165, 1.54) is 0 Å². The van der Waals surface area contributed by atoms with Crippen LogP contribution in [0, 0.1) is 0 Å². The molecule has 1 aromatic rings. The smallest absolute Gasteiger partial charge is 0.417 e. The van der Waals surface area contributed by atoms with E-state index in [0.717, 1.165) is 0 Å². The van der Waals surface area contributed by atoms with Gasteiger partial charge in [-0.15, -0.1) is 10.5 Å². The van der Waals surface area contributed by atoms with Crippen LogP contribution in [0.15, 0.2) is 16.9 Å². The van der Waals surface area contributed by atoms with Crippen molar-refractivity contribution in [2.24, 2.45) is 5.10 Å². The van der Waals surface area contributed by atoms with E-state index in [0.29, 0.717) is 0 Å². The van der Waals surface area contributed by atoms with Crippen molar-refractivity contribution < 1.29 is 62.2 Å². The van der Waals surface area contributed by atoms with Gasteiger partial charge in [0, 0.05) is 6.07 Å². The fourth-order valence-corrected chi connectivity index (χ4v) is 1.83. The summed E-state index contributed by atoms with van der Waals surface area (Å²) in [5.41, 5.74) is -4.35. The molecule has 0 atom stereocenters. The molecule has 1 aromatic heterocycles. The molecule has 0 unspecified atom stereocenters. The molecule has 0 spiro atoms. The Hall–Kier alpha value is -2.82. The molecular weight excluding hydrogens is 448 g/mol. The molecule has 0 N–H and O–H groups in total. The van der Waals surface area contributed by atoms with Gasteiger partial charge >= 0.3 is 31.5 Å². The Balaban J connectivity index is 2.77. The highest BCUT2D eigenvalue weighted by Gasteiger charge is 2.64. The Morgan fingerprint density at radius 2 is 1.41 bits per heavy atom. The summed E-state index contributed by atoms with van der Waals surface area (Å²) in [5.74, 6) is -9.57. The number of rotatable bonds is 5. The molecule has 163 valence electrons. The van der Waals surface area contributed by atoms with Crippen LogP contribution >= 0.6 is 0 Å². The largest absolute Gasteiger partial charge is 0.459 e. The molecule has 0 aliphatic carbocycles. The van der Waals surface area contributed by atoms with Crippen LogP contribution in [0.1, 0.15) is 5.69 Å². The molecule has 29 heavy (non-hydrogen) atoms. The summed E-state index contributed by atoms with van der Waals surface area (Å²) in [6.45, 7) is -7.83. The molecule has 1 radical (unpaired) electrons. The van der Waals surface area contributed by atoms with E-state index in [4.69, 9.17) is 0 Å².